The lowest BCUT2D eigenvalue weighted by Crippen LogP contribution is -2.48. The van der Waals surface area contributed by atoms with E-state index in [2.05, 4.69) is 11.9 Å². The first-order valence-electron chi connectivity index (χ1n) is 8.36. The van der Waals surface area contributed by atoms with E-state index < -0.39 is 0 Å². The molecule has 0 aromatic carbocycles. The number of likely N-dealkylation sites (N-methyl/N-ethyl adjacent to an activating group) is 1. The first-order valence-corrected chi connectivity index (χ1v) is 8.36. The minimum Gasteiger partial charge on any atom is -0.345 e. The minimum absolute atomic E-state index is 0.0431. The molecule has 128 valence electrons. The van der Waals surface area contributed by atoms with Crippen LogP contribution in [0.5, 0.6) is 0 Å². The van der Waals surface area contributed by atoms with E-state index in [0.29, 0.717) is 0 Å². The summed E-state index contributed by atoms with van der Waals surface area (Å²) in [6.45, 7) is 12.1. The second-order valence-corrected chi connectivity index (χ2v) is 7.65. The van der Waals surface area contributed by atoms with Gasteiger partial charge in [-0.15, -0.1) is 0 Å². The van der Waals surface area contributed by atoms with E-state index in [4.69, 9.17) is 0 Å². The molecule has 22 heavy (non-hydrogen) atoms. The highest BCUT2D eigenvalue weighted by Crippen LogP contribution is 2.18. The molecule has 0 aromatic rings. The predicted molar refractivity (Wildman–Crippen MR) is 89.6 cm³/mol. The maximum absolute atomic E-state index is 12.4. The number of hydrogen-bond donors (Lipinski definition) is 0. The van der Waals surface area contributed by atoms with E-state index in [1.165, 1.54) is 0 Å². The Morgan fingerprint density at radius 1 is 1.14 bits per heavy atom. The number of piperazine rings is 1. The van der Waals surface area contributed by atoms with Crippen molar-refractivity contribution in [2.24, 2.45) is 11.3 Å². The van der Waals surface area contributed by atoms with Crippen molar-refractivity contribution in [2.45, 2.75) is 40.5 Å². The van der Waals surface area contributed by atoms with Gasteiger partial charge in [-0.2, -0.15) is 0 Å². The highest BCUT2D eigenvalue weighted by atomic mass is 16.2. The molecule has 1 fully saturated rings. The molecule has 1 unspecified atom stereocenters. The normalized spacial score (nSPS) is 18.2. The Hall–Kier alpha value is -1.10. The van der Waals surface area contributed by atoms with E-state index in [1.54, 1.807) is 4.90 Å². The quantitative estimate of drug-likeness (QED) is 0.776. The molecule has 0 saturated carbocycles. The molecular formula is C17H33N3O2. The second-order valence-electron chi connectivity index (χ2n) is 7.65. The predicted octanol–water partition coefficient (Wildman–Crippen LogP) is 1.68. The summed E-state index contributed by atoms with van der Waals surface area (Å²) in [6, 6.07) is 0. The number of amides is 2. The Balaban J connectivity index is 2.32. The van der Waals surface area contributed by atoms with Crippen molar-refractivity contribution in [3.63, 3.8) is 0 Å². The van der Waals surface area contributed by atoms with Gasteiger partial charge in [-0.25, -0.2) is 0 Å². The third-order valence-electron chi connectivity index (χ3n) is 4.36. The summed E-state index contributed by atoms with van der Waals surface area (Å²) in [5, 5.41) is 0. The molecule has 0 N–H and O–H groups in total. The van der Waals surface area contributed by atoms with Gasteiger partial charge in [0, 0.05) is 51.1 Å². The Bertz CT molecular complexity index is 382. The molecule has 0 radical (unpaired) electrons. The largest absolute Gasteiger partial charge is 0.345 e. The van der Waals surface area contributed by atoms with Crippen LogP contribution < -0.4 is 0 Å². The summed E-state index contributed by atoms with van der Waals surface area (Å²) in [5.41, 5.74) is -0.337. The van der Waals surface area contributed by atoms with Crippen LogP contribution in [-0.4, -0.2) is 73.3 Å². The molecular weight excluding hydrogens is 278 g/mol. The van der Waals surface area contributed by atoms with Crippen molar-refractivity contribution >= 4 is 11.8 Å². The topological polar surface area (TPSA) is 43.9 Å². The van der Waals surface area contributed by atoms with Gasteiger partial charge < -0.3 is 14.7 Å². The lowest BCUT2D eigenvalue weighted by atomic mass is 9.94. The third kappa shape index (κ3) is 5.59. The van der Waals surface area contributed by atoms with E-state index in [9.17, 15) is 9.59 Å². The molecule has 2 amide bonds. The molecule has 0 aromatic heterocycles. The van der Waals surface area contributed by atoms with Gasteiger partial charge in [-0.1, -0.05) is 27.7 Å². The molecule has 1 rings (SSSR count). The summed E-state index contributed by atoms with van der Waals surface area (Å²) in [4.78, 5) is 30.5. The first-order chi connectivity index (χ1) is 10.1. The summed E-state index contributed by atoms with van der Waals surface area (Å²) in [5.74, 6) is 0.463. The van der Waals surface area contributed by atoms with Gasteiger partial charge in [0.05, 0.1) is 0 Å². The van der Waals surface area contributed by atoms with Crippen LogP contribution in [0.3, 0.4) is 0 Å². The number of carbonyl (C=O) groups excluding carboxylic acids is 2. The molecule has 1 atom stereocenters. The molecule has 1 aliphatic heterocycles. The zero-order valence-electron chi connectivity index (χ0n) is 15.2. The van der Waals surface area contributed by atoms with Crippen LogP contribution in [0.15, 0.2) is 0 Å². The molecule has 1 heterocycles. The standard InChI is InChI=1S/C17H33N3O2/c1-14(15(21)20-12-10-18(5)11-13-20)8-7-9-19(6)16(22)17(2,3)4/h14H,7-13H2,1-6H3. The van der Waals surface area contributed by atoms with Crippen LogP contribution >= 0.6 is 0 Å². The Labute approximate surface area is 135 Å². The van der Waals surface area contributed by atoms with Gasteiger partial charge in [0.15, 0.2) is 0 Å². The zero-order chi connectivity index (χ0) is 16.9. The van der Waals surface area contributed by atoms with Crippen LogP contribution in [-0.2, 0) is 9.59 Å². The highest BCUT2D eigenvalue weighted by molar-refractivity contribution is 5.81. The van der Waals surface area contributed by atoms with E-state index in [-0.39, 0.29) is 23.1 Å². The van der Waals surface area contributed by atoms with Crippen LogP contribution in [0.1, 0.15) is 40.5 Å². The number of carbonyl (C=O) groups is 2. The minimum atomic E-state index is -0.337. The Kier molecular flexibility index (Phi) is 6.85. The average Bonchev–Trinajstić information content (AvgIpc) is 2.45. The zero-order valence-corrected chi connectivity index (χ0v) is 15.2. The lowest BCUT2D eigenvalue weighted by molar-refractivity contribution is -0.138. The Morgan fingerprint density at radius 3 is 2.18 bits per heavy atom. The van der Waals surface area contributed by atoms with Crippen LogP contribution in [0.2, 0.25) is 0 Å². The maximum Gasteiger partial charge on any atom is 0.227 e. The number of hydrogen-bond acceptors (Lipinski definition) is 3. The van der Waals surface area contributed by atoms with Gasteiger partial charge in [-0.3, -0.25) is 9.59 Å². The van der Waals surface area contributed by atoms with Crippen molar-refractivity contribution in [3.05, 3.63) is 0 Å². The van der Waals surface area contributed by atoms with Crippen molar-refractivity contribution in [1.82, 2.24) is 14.7 Å². The van der Waals surface area contributed by atoms with Crippen molar-refractivity contribution in [1.29, 1.82) is 0 Å². The smallest absolute Gasteiger partial charge is 0.227 e. The van der Waals surface area contributed by atoms with E-state index in [0.717, 1.165) is 45.6 Å². The molecule has 1 aliphatic rings. The molecule has 0 spiro atoms. The second kappa shape index (κ2) is 7.95. The highest BCUT2D eigenvalue weighted by Gasteiger charge is 2.26. The van der Waals surface area contributed by atoms with Gasteiger partial charge in [0.25, 0.3) is 0 Å². The van der Waals surface area contributed by atoms with Gasteiger partial charge in [0.1, 0.15) is 0 Å². The fourth-order valence-electron chi connectivity index (χ4n) is 2.77. The summed E-state index contributed by atoms with van der Waals surface area (Å²) >= 11 is 0. The molecule has 0 aliphatic carbocycles. The van der Waals surface area contributed by atoms with Crippen LogP contribution in [0.4, 0.5) is 0 Å². The fraction of sp³-hybridized carbons (Fsp3) is 0.882. The monoisotopic (exact) mass is 311 g/mol. The van der Waals surface area contributed by atoms with Gasteiger partial charge >= 0.3 is 0 Å². The third-order valence-corrected chi connectivity index (χ3v) is 4.36. The molecule has 0 bridgehead atoms. The van der Waals surface area contributed by atoms with Gasteiger partial charge in [0.2, 0.25) is 11.8 Å². The SMILES string of the molecule is CC(CCCN(C)C(=O)C(C)(C)C)C(=O)N1CCN(C)CC1. The van der Waals surface area contributed by atoms with Crippen molar-refractivity contribution in [2.75, 3.05) is 46.8 Å². The Morgan fingerprint density at radius 2 is 1.68 bits per heavy atom. The van der Waals surface area contributed by atoms with Crippen molar-refractivity contribution < 1.29 is 9.59 Å². The number of nitrogens with zero attached hydrogens (tertiary/aromatic N) is 3. The molecule has 1 saturated heterocycles. The van der Waals surface area contributed by atoms with Crippen molar-refractivity contribution in [3.8, 4) is 0 Å². The molecule has 5 nitrogen and oxygen atoms in total. The first kappa shape index (κ1) is 18.9. The average molecular weight is 311 g/mol. The van der Waals surface area contributed by atoms with Gasteiger partial charge in [-0.05, 0) is 19.9 Å². The van der Waals surface area contributed by atoms with E-state index >= 15 is 0 Å². The van der Waals surface area contributed by atoms with Crippen LogP contribution in [0, 0.1) is 11.3 Å². The maximum atomic E-state index is 12.4. The van der Waals surface area contributed by atoms with Crippen LogP contribution in [0.25, 0.3) is 0 Å². The summed E-state index contributed by atoms with van der Waals surface area (Å²) in [7, 11) is 3.94. The molecule has 5 heteroatoms. The van der Waals surface area contributed by atoms with E-state index in [1.807, 2.05) is 39.6 Å². The summed E-state index contributed by atoms with van der Waals surface area (Å²) < 4.78 is 0. The fourth-order valence-corrected chi connectivity index (χ4v) is 2.77. The summed E-state index contributed by atoms with van der Waals surface area (Å²) in [6.07, 6.45) is 1.71. The lowest BCUT2D eigenvalue weighted by Gasteiger charge is -2.34. The number of rotatable bonds is 5.